The van der Waals surface area contributed by atoms with Crippen molar-refractivity contribution in [3.8, 4) is 0 Å². The Bertz CT molecular complexity index is 1370. The maximum absolute atomic E-state index is 12.9. The molecule has 0 bridgehead atoms. The number of Topliss-reactive ketones (excluding diaryl/α,β-unsaturated/α-hetero) is 2. The van der Waals surface area contributed by atoms with Crippen molar-refractivity contribution in [3.63, 3.8) is 0 Å². The molecule has 2 rings (SSSR count). The van der Waals surface area contributed by atoms with Gasteiger partial charge in [-0.15, -0.1) is 0 Å². The number of esters is 1. The molecule has 0 fully saturated rings. The van der Waals surface area contributed by atoms with Crippen molar-refractivity contribution >= 4 is 41.4 Å². The fourth-order valence-electron chi connectivity index (χ4n) is 4.12. The molecule has 0 aromatic heterocycles. The van der Waals surface area contributed by atoms with Crippen LogP contribution in [0, 0.1) is 0 Å². The van der Waals surface area contributed by atoms with E-state index in [1.54, 1.807) is 55.6 Å². The van der Waals surface area contributed by atoms with Gasteiger partial charge in [-0.2, -0.15) is 0 Å². The van der Waals surface area contributed by atoms with Crippen molar-refractivity contribution in [2.75, 3.05) is 46.6 Å². The summed E-state index contributed by atoms with van der Waals surface area (Å²) in [6.45, 7) is 0.733. The first-order valence-corrected chi connectivity index (χ1v) is 16.2. The molecule has 50 heavy (non-hydrogen) atoms. The predicted molar refractivity (Wildman–Crippen MR) is 179 cm³/mol. The SMILES string of the molecule is COCCOCCNC(=O)CCC(=O)CNC(=O)CCC(=O)CNC(=O)[C@H](CCC(=O)OCc1ccccc1)NC(=O)OCc1ccccc1. The Hall–Kier alpha value is -5.15. The highest BCUT2D eigenvalue weighted by atomic mass is 16.5. The smallest absolute Gasteiger partial charge is 0.408 e. The largest absolute Gasteiger partial charge is 0.461 e. The van der Waals surface area contributed by atoms with Crippen LogP contribution >= 0.6 is 0 Å². The van der Waals surface area contributed by atoms with E-state index < -0.39 is 42.2 Å². The first kappa shape index (κ1) is 41.0. The molecule has 4 amide bonds. The van der Waals surface area contributed by atoms with Crippen LogP contribution in [0.25, 0.3) is 0 Å². The summed E-state index contributed by atoms with van der Waals surface area (Å²) in [6, 6.07) is 16.7. The van der Waals surface area contributed by atoms with Gasteiger partial charge in [-0.25, -0.2) is 4.79 Å². The molecule has 0 radical (unpaired) electrons. The van der Waals surface area contributed by atoms with E-state index in [-0.39, 0.29) is 70.0 Å². The lowest BCUT2D eigenvalue weighted by molar-refractivity contribution is -0.145. The number of hydrogen-bond acceptors (Lipinski definition) is 11. The van der Waals surface area contributed by atoms with Crippen LogP contribution in [-0.2, 0) is 60.9 Å². The maximum Gasteiger partial charge on any atom is 0.408 e. The zero-order valence-corrected chi connectivity index (χ0v) is 28.2. The van der Waals surface area contributed by atoms with Crippen molar-refractivity contribution in [3.05, 3.63) is 71.8 Å². The molecule has 272 valence electrons. The standard InChI is InChI=1S/C35H46N4O11/c1-47-20-21-48-19-18-36-31(42)15-12-28(40)22-37-32(43)16-13-29(41)23-38-34(45)30(39-35(46)50-25-27-10-6-3-7-11-27)14-17-33(44)49-24-26-8-4-2-5-9-26/h2-11,30H,12-25H2,1H3,(H,36,42)(H,37,43)(H,38,45)(H,39,46)/t30-/m0/s1. The molecule has 0 unspecified atom stereocenters. The van der Waals surface area contributed by atoms with Gasteiger partial charge in [-0.3, -0.25) is 28.8 Å². The van der Waals surface area contributed by atoms with Gasteiger partial charge in [0.25, 0.3) is 0 Å². The second-order valence-electron chi connectivity index (χ2n) is 11.0. The van der Waals surface area contributed by atoms with Gasteiger partial charge in [0, 0.05) is 45.8 Å². The van der Waals surface area contributed by atoms with Gasteiger partial charge in [-0.1, -0.05) is 60.7 Å². The molecule has 0 saturated carbocycles. The minimum Gasteiger partial charge on any atom is -0.461 e. The highest BCUT2D eigenvalue weighted by molar-refractivity contribution is 5.93. The zero-order chi connectivity index (χ0) is 36.4. The molecule has 0 heterocycles. The van der Waals surface area contributed by atoms with Crippen molar-refractivity contribution in [2.24, 2.45) is 0 Å². The molecule has 0 aliphatic carbocycles. The molecule has 15 heteroatoms. The van der Waals surface area contributed by atoms with Crippen LogP contribution in [0.5, 0.6) is 0 Å². The van der Waals surface area contributed by atoms with Crippen LogP contribution in [0.4, 0.5) is 4.79 Å². The molecule has 0 aliphatic rings. The van der Waals surface area contributed by atoms with E-state index in [2.05, 4.69) is 21.3 Å². The Morgan fingerprint density at radius 1 is 0.620 bits per heavy atom. The third-order valence-corrected chi connectivity index (χ3v) is 6.91. The van der Waals surface area contributed by atoms with E-state index >= 15 is 0 Å². The highest BCUT2D eigenvalue weighted by Gasteiger charge is 2.24. The third-order valence-electron chi connectivity index (χ3n) is 6.91. The quantitative estimate of drug-likeness (QED) is 0.0864. The van der Waals surface area contributed by atoms with E-state index in [4.69, 9.17) is 18.9 Å². The van der Waals surface area contributed by atoms with Gasteiger partial charge < -0.3 is 40.2 Å². The van der Waals surface area contributed by atoms with Crippen LogP contribution in [0.1, 0.15) is 49.7 Å². The molecule has 15 nitrogen and oxygen atoms in total. The van der Waals surface area contributed by atoms with Crippen molar-refractivity contribution in [1.29, 1.82) is 0 Å². The normalized spacial score (nSPS) is 11.1. The minimum absolute atomic E-state index is 0.0412. The van der Waals surface area contributed by atoms with Gasteiger partial charge >= 0.3 is 12.1 Å². The van der Waals surface area contributed by atoms with Gasteiger partial charge in [0.15, 0.2) is 11.6 Å². The summed E-state index contributed by atoms with van der Waals surface area (Å²) in [5.74, 6) is -3.02. The highest BCUT2D eigenvalue weighted by Crippen LogP contribution is 2.07. The third kappa shape index (κ3) is 19.6. The van der Waals surface area contributed by atoms with Crippen molar-refractivity contribution in [2.45, 2.75) is 57.8 Å². The van der Waals surface area contributed by atoms with E-state index in [9.17, 15) is 33.6 Å². The average Bonchev–Trinajstić information content (AvgIpc) is 3.13. The molecular formula is C35H46N4O11. The topological polar surface area (TPSA) is 205 Å². The second kappa shape index (κ2) is 24.9. The minimum atomic E-state index is -1.22. The summed E-state index contributed by atoms with van der Waals surface area (Å²) in [7, 11) is 1.55. The molecule has 2 aromatic carbocycles. The first-order chi connectivity index (χ1) is 24.2. The second-order valence-corrected chi connectivity index (χ2v) is 11.0. The van der Waals surface area contributed by atoms with Gasteiger partial charge in [0.05, 0.1) is 32.9 Å². The number of rotatable bonds is 25. The number of ether oxygens (including phenoxy) is 4. The number of benzene rings is 2. The summed E-state index contributed by atoms with van der Waals surface area (Å²) < 4.78 is 20.5. The molecule has 0 aliphatic heterocycles. The molecule has 1 atom stereocenters. The van der Waals surface area contributed by atoms with Crippen LogP contribution in [0.3, 0.4) is 0 Å². The Morgan fingerprint density at radius 3 is 1.78 bits per heavy atom. The molecule has 2 aromatic rings. The summed E-state index contributed by atoms with van der Waals surface area (Å²) in [5, 5.41) is 9.89. The number of alkyl carbamates (subject to hydrolysis) is 1. The predicted octanol–water partition coefficient (Wildman–Crippen LogP) is 1.52. The number of hydrogen-bond donors (Lipinski definition) is 4. The van der Waals surface area contributed by atoms with Crippen LogP contribution in [0.2, 0.25) is 0 Å². The first-order valence-electron chi connectivity index (χ1n) is 16.2. The van der Waals surface area contributed by atoms with E-state index in [0.717, 1.165) is 11.1 Å². The fourth-order valence-corrected chi connectivity index (χ4v) is 4.12. The average molecular weight is 699 g/mol. The Balaban J connectivity index is 1.72. The lowest BCUT2D eigenvalue weighted by Gasteiger charge is -2.18. The van der Waals surface area contributed by atoms with Crippen LogP contribution < -0.4 is 21.3 Å². The molecule has 0 saturated heterocycles. The lowest BCUT2D eigenvalue weighted by atomic mass is 10.1. The Morgan fingerprint density at radius 2 is 1.18 bits per heavy atom. The Labute approximate surface area is 291 Å². The van der Waals surface area contributed by atoms with E-state index in [1.165, 1.54) is 0 Å². The van der Waals surface area contributed by atoms with E-state index in [0.29, 0.717) is 26.4 Å². The molecule has 4 N–H and O–H groups in total. The number of nitrogens with one attached hydrogen (secondary N) is 4. The molecule has 0 spiro atoms. The summed E-state index contributed by atoms with van der Waals surface area (Å²) >= 11 is 0. The van der Waals surface area contributed by atoms with Crippen LogP contribution in [0.15, 0.2) is 60.7 Å². The lowest BCUT2D eigenvalue weighted by Crippen LogP contribution is -2.48. The number of carbonyl (C=O) groups is 7. The maximum atomic E-state index is 12.9. The van der Waals surface area contributed by atoms with Crippen molar-refractivity contribution < 1.29 is 52.5 Å². The van der Waals surface area contributed by atoms with Crippen molar-refractivity contribution in [1.82, 2.24) is 21.3 Å². The summed E-state index contributed by atoms with van der Waals surface area (Å²) in [4.78, 5) is 86.2. The fraction of sp³-hybridized carbons (Fsp3) is 0.457. The Kier molecular flexibility index (Phi) is 20.4. The van der Waals surface area contributed by atoms with Gasteiger partial charge in [0.1, 0.15) is 19.3 Å². The summed E-state index contributed by atoms with van der Waals surface area (Å²) in [6.07, 6.45) is -1.79. The van der Waals surface area contributed by atoms with Crippen LogP contribution in [-0.4, -0.2) is 94.0 Å². The van der Waals surface area contributed by atoms with Gasteiger partial charge in [0.2, 0.25) is 17.7 Å². The monoisotopic (exact) mass is 698 g/mol. The number of ketones is 2. The summed E-state index contributed by atoms with van der Waals surface area (Å²) in [5.41, 5.74) is 1.51. The van der Waals surface area contributed by atoms with Gasteiger partial charge in [-0.05, 0) is 17.5 Å². The number of amides is 4. The van der Waals surface area contributed by atoms with E-state index in [1.807, 2.05) is 12.1 Å². The molecular weight excluding hydrogens is 652 g/mol. The number of methoxy groups -OCH3 is 1. The number of carbonyl (C=O) groups excluding carboxylic acids is 7. The zero-order valence-electron chi connectivity index (χ0n) is 28.2.